The fraction of sp³-hybridized carbons (Fsp3) is 0.444. The van der Waals surface area contributed by atoms with Crippen molar-refractivity contribution in [1.82, 2.24) is 30.1 Å². The Morgan fingerprint density at radius 2 is 2.04 bits per heavy atom. The summed E-state index contributed by atoms with van der Waals surface area (Å²) in [7, 11) is 0. The highest BCUT2D eigenvalue weighted by molar-refractivity contribution is 5.09. The van der Waals surface area contributed by atoms with Crippen LogP contribution in [0.5, 0.6) is 0 Å². The highest BCUT2D eigenvalue weighted by Gasteiger charge is 2.23. The third kappa shape index (κ3) is 3.93. The summed E-state index contributed by atoms with van der Waals surface area (Å²) in [6.45, 7) is 2.16. The van der Waals surface area contributed by atoms with Gasteiger partial charge in [0.25, 0.3) is 0 Å². The molecule has 0 spiro atoms. The normalized spacial score (nSPS) is 15.2. The minimum Gasteiger partial charge on any atom is -0.468 e. The third-order valence-corrected chi connectivity index (χ3v) is 4.69. The van der Waals surface area contributed by atoms with Crippen LogP contribution in [-0.4, -0.2) is 30.1 Å². The van der Waals surface area contributed by atoms with Crippen LogP contribution in [0, 0.1) is 0 Å². The van der Waals surface area contributed by atoms with E-state index in [4.69, 9.17) is 4.42 Å². The quantitative estimate of drug-likeness (QED) is 0.659. The van der Waals surface area contributed by atoms with Gasteiger partial charge in [-0.25, -0.2) is 4.68 Å². The zero-order valence-electron chi connectivity index (χ0n) is 14.2. The van der Waals surface area contributed by atoms with E-state index in [9.17, 15) is 0 Å². The maximum absolute atomic E-state index is 5.54. The van der Waals surface area contributed by atoms with Crippen LogP contribution in [0.25, 0.3) is 0 Å². The lowest BCUT2D eigenvalue weighted by atomic mass is 10.2. The molecule has 1 aliphatic carbocycles. The van der Waals surface area contributed by atoms with E-state index < -0.39 is 0 Å². The van der Waals surface area contributed by atoms with E-state index in [0.717, 1.165) is 23.7 Å². The Labute approximate surface area is 146 Å². The smallest absolute Gasteiger partial charge is 0.165 e. The van der Waals surface area contributed by atoms with E-state index in [-0.39, 0.29) is 0 Å². The first-order valence-electron chi connectivity index (χ1n) is 8.79. The molecule has 0 amide bonds. The summed E-state index contributed by atoms with van der Waals surface area (Å²) in [6, 6.07) is 8.40. The highest BCUT2D eigenvalue weighted by atomic mass is 16.3. The summed E-state index contributed by atoms with van der Waals surface area (Å²) in [5.41, 5.74) is 1.16. The van der Waals surface area contributed by atoms with Gasteiger partial charge in [-0.05, 0) is 47.0 Å². The summed E-state index contributed by atoms with van der Waals surface area (Å²) in [4.78, 5) is 6.50. The largest absolute Gasteiger partial charge is 0.468 e. The predicted octanol–water partition coefficient (Wildman–Crippen LogP) is 2.98. The Kier molecular flexibility index (Phi) is 4.83. The van der Waals surface area contributed by atoms with Crippen LogP contribution in [0.3, 0.4) is 0 Å². The zero-order valence-corrected chi connectivity index (χ0v) is 14.2. The minimum absolute atomic E-state index is 0.439. The van der Waals surface area contributed by atoms with Crippen LogP contribution in [0.15, 0.2) is 47.3 Å². The molecule has 0 saturated heterocycles. The topological polar surface area (TPSA) is 72.9 Å². The van der Waals surface area contributed by atoms with Gasteiger partial charge in [0.2, 0.25) is 0 Å². The number of tetrazole rings is 1. The minimum atomic E-state index is 0.439. The van der Waals surface area contributed by atoms with Crippen LogP contribution in [0.2, 0.25) is 0 Å². The molecule has 25 heavy (non-hydrogen) atoms. The van der Waals surface area contributed by atoms with E-state index in [1.165, 1.54) is 25.7 Å². The number of furan rings is 1. The molecular weight excluding hydrogens is 316 g/mol. The molecule has 7 heteroatoms. The number of aromatic nitrogens is 5. The van der Waals surface area contributed by atoms with Gasteiger partial charge in [0.15, 0.2) is 5.82 Å². The molecule has 1 saturated carbocycles. The molecule has 3 aromatic heterocycles. The van der Waals surface area contributed by atoms with E-state index in [0.29, 0.717) is 19.1 Å². The summed E-state index contributed by atoms with van der Waals surface area (Å²) in [5.74, 6) is 1.85. The Morgan fingerprint density at radius 3 is 2.80 bits per heavy atom. The summed E-state index contributed by atoms with van der Waals surface area (Å²) in [6.07, 6.45) is 10.2. The van der Waals surface area contributed by atoms with Gasteiger partial charge in [-0.2, -0.15) is 0 Å². The lowest BCUT2D eigenvalue weighted by Gasteiger charge is -2.21. The molecule has 130 valence electrons. The summed E-state index contributed by atoms with van der Waals surface area (Å²) < 4.78 is 7.55. The zero-order chi connectivity index (χ0) is 16.9. The number of nitrogens with zero attached hydrogens (tertiary/aromatic N) is 6. The summed E-state index contributed by atoms with van der Waals surface area (Å²) >= 11 is 0. The molecule has 0 bridgehead atoms. The molecule has 1 aliphatic rings. The maximum atomic E-state index is 5.54. The lowest BCUT2D eigenvalue weighted by Crippen LogP contribution is -2.25. The molecule has 0 aromatic carbocycles. The molecule has 3 aromatic rings. The van der Waals surface area contributed by atoms with Crippen molar-refractivity contribution in [2.75, 3.05) is 0 Å². The van der Waals surface area contributed by atoms with Gasteiger partial charge in [0.1, 0.15) is 5.76 Å². The van der Waals surface area contributed by atoms with Gasteiger partial charge in [-0.15, -0.1) is 5.10 Å². The van der Waals surface area contributed by atoms with Crippen molar-refractivity contribution in [3.05, 3.63) is 60.1 Å². The predicted molar refractivity (Wildman–Crippen MR) is 91.2 cm³/mol. The molecule has 0 N–H and O–H groups in total. The van der Waals surface area contributed by atoms with Crippen molar-refractivity contribution in [1.29, 1.82) is 0 Å². The number of hydrogen-bond donors (Lipinski definition) is 0. The van der Waals surface area contributed by atoms with Crippen LogP contribution in [0.4, 0.5) is 0 Å². The van der Waals surface area contributed by atoms with E-state index in [1.54, 1.807) is 12.5 Å². The van der Waals surface area contributed by atoms with Crippen molar-refractivity contribution in [3.8, 4) is 0 Å². The molecule has 0 unspecified atom stereocenters. The molecule has 0 atom stereocenters. The second-order valence-corrected chi connectivity index (χ2v) is 6.56. The fourth-order valence-corrected chi connectivity index (χ4v) is 3.49. The fourth-order valence-electron chi connectivity index (χ4n) is 3.49. The molecular formula is C18H22N6O. The standard InChI is InChI=1S/C18H22N6O/c1-2-7-16(6-1)24-18(20-21-22-24)14-23(13-17-8-4-10-25-17)12-15-5-3-9-19-11-15/h3-5,8-11,16H,1-2,6-7,12-14H2. The first-order valence-corrected chi connectivity index (χ1v) is 8.79. The van der Waals surface area contributed by atoms with Gasteiger partial charge in [-0.1, -0.05) is 18.9 Å². The average molecular weight is 338 g/mol. The molecule has 3 heterocycles. The van der Waals surface area contributed by atoms with Crippen molar-refractivity contribution >= 4 is 0 Å². The monoisotopic (exact) mass is 338 g/mol. The Hall–Kier alpha value is -2.54. The van der Waals surface area contributed by atoms with Crippen molar-refractivity contribution in [3.63, 3.8) is 0 Å². The first kappa shape index (κ1) is 16.0. The Bertz CT molecular complexity index is 764. The molecule has 0 aliphatic heterocycles. The third-order valence-electron chi connectivity index (χ3n) is 4.69. The molecule has 1 fully saturated rings. The van der Waals surface area contributed by atoms with Crippen LogP contribution in [0.1, 0.15) is 48.9 Å². The second-order valence-electron chi connectivity index (χ2n) is 6.56. The van der Waals surface area contributed by atoms with Crippen LogP contribution < -0.4 is 0 Å². The van der Waals surface area contributed by atoms with Crippen molar-refractivity contribution in [2.24, 2.45) is 0 Å². The number of hydrogen-bond acceptors (Lipinski definition) is 6. The van der Waals surface area contributed by atoms with E-state index in [1.807, 2.05) is 29.1 Å². The van der Waals surface area contributed by atoms with Gasteiger partial charge in [0, 0.05) is 18.9 Å². The number of pyridine rings is 1. The first-order chi connectivity index (χ1) is 12.4. The molecule has 7 nitrogen and oxygen atoms in total. The second kappa shape index (κ2) is 7.57. The Morgan fingerprint density at radius 1 is 1.12 bits per heavy atom. The maximum Gasteiger partial charge on any atom is 0.165 e. The molecule has 4 rings (SSSR count). The van der Waals surface area contributed by atoms with E-state index in [2.05, 4.69) is 31.5 Å². The molecule has 0 radical (unpaired) electrons. The highest BCUT2D eigenvalue weighted by Crippen LogP contribution is 2.29. The Balaban J connectivity index is 1.52. The van der Waals surface area contributed by atoms with Gasteiger partial charge >= 0.3 is 0 Å². The van der Waals surface area contributed by atoms with Crippen molar-refractivity contribution < 1.29 is 4.42 Å². The lowest BCUT2D eigenvalue weighted by molar-refractivity contribution is 0.214. The van der Waals surface area contributed by atoms with Crippen molar-refractivity contribution in [2.45, 2.75) is 51.4 Å². The van der Waals surface area contributed by atoms with Crippen LogP contribution in [-0.2, 0) is 19.6 Å². The van der Waals surface area contributed by atoms with Gasteiger partial charge in [-0.3, -0.25) is 9.88 Å². The SMILES string of the molecule is c1cncc(CN(Cc2ccco2)Cc2nnnn2C2CCCC2)c1. The summed E-state index contributed by atoms with van der Waals surface area (Å²) in [5, 5.41) is 12.5. The van der Waals surface area contributed by atoms with Gasteiger partial charge in [0.05, 0.1) is 25.4 Å². The van der Waals surface area contributed by atoms with Gasteiger partial charge < -0.3 is 4.42 Å². The van der Waals surface area contributed by atoms with E-state index >= 15 is 0 Å². The number of rotatable bonds is 7. The van der Waals surface area contributed by atoms with Crippen LogP contribution >= 0.6 is 0 Å². The average Bonchev–Trinajstić information content (AvgIpc) is 3.38.